The van der Waals surface area contributed by atoms with E-state index in [2.05, 4.69) is 5.32 Å². The molecule has 1 atom stereocenters. The maximum atomic E-state index is 12.0. The van der Waals surface area contributed by atoms with Crippen molar-refractivity contribution in [3.05, 3.63) is 34.9 Å². The van der Waals surface area contributed by atoms with Crippen LogP contribution in [0, 0.1) is 0 Å². The highest BCUT2D eigenvalue weighted by Gasteiger charge is 2.33. The Bertz CT molecular complexity index is 507. The number of carbonyl (C=O) groups excluding carboxylic acids is 1. The topological polar surface area (TPSA) is 69.6 Å². The Morgan fingerprint density at radius 2 is 2.10 bits per heavy atom. The van der Waals surface area contributed by atoms with Gasteiger partial charge in [-0.05, 0) is 31.0 Å². The smallest absolute Gasteiger partial charge is 0.329 e. The van der Waals surface area contributed by atoms with E-state index >= 15 is 0 Å². The number of carboxylic acid groups (broad SMARTS) is 1. The number of benzene rings is 1. The predicted octanol–water partition coefficient (Wildman–Crippen LogP) is 2.73. The zero-order valence-corrected chi connectivity index (χ0v) is 12.6. The molecule has 0 bridgehead atoms. The number of hydrogen-bond acceptors (Lipinski definition) is 2. The molecule has 20 heavy (non-hydrogen) atoms. The summed E-state index contributed by atoms with van der Waals surface area (Å²) < 4.78 is 0. The van der Waals surface area contributed by atoms with Gasteiger partial charge in [-0.3, -0.25) is 0 Å². The standard InChI is InChI=1S/C14H19ClN2O3/c1-4-14(2,12(18)19)16-13(20)17(3)9-10-6-5-7-11(15)8-10/h5-8H,4,9H2,1-3H3,(H,16,20)(H,18,19). The molecule has 1 aromatic rings. The van der Waals surface area contributed by atoms with E-state index < -0.39 is 17.5 Å². The van der Waals surface area contributed by atoms with Gasteiger partial charge >= 0.3 is 12.0 Å². The van der Waals surface area contributed by atoms with Gasteiger partial charge in [0.2, 0.25) is 0 Å². The number of nitrogens with one attached hydrogen (secondary N) is 1. The number of carboxylic acids is 1. The van der Waals surface area contributed by atoms with Crippen LogP contribution in [0.1, 0.15) is 25.8 Å². The molecular weight excluding hydrogens is 280 g/mol. The first-order chi connectivity index (χ1) is 9.28. The second kappa shape index (κ2) is 6.61. The Labute approximate surface area is 123 Å². The van der Waals surface area contributed by atoms with Gasteiger partial charge in [-0.2, -0.15) is 0 Å². The van der Waals surface area contributed by atoms with Gasteiger partial charge in [0.1, 0.15) is 5.54 Å². The largest absolute Gasteiger partial charge is 0.480 e. The second-order valence-electron chi connectivity index (χ2n) is 4.91. The zero-order valence-electron chi connectivity index (χ0n) is 11.8. The molecule has 110 valence electrons. The Balaban J connectivity index is 2.70. The molecule has 1 aromatic carbocycles. The molecule has 0 fully saturated rings. The molecule has 2 N–H and O–H groups in total. The lowest BCUT2D eigenvalue weighted by Crippen LogP contribution is -2.54. The monoisotopic (exact) mass is 298 g/mol. The highest BCUT2D eigenvalue weighted by atomic mass is 35.5. The molecule has 0 aliphatic carbocycles. The number of urea groups is 1. The van der Waals surface area contributed by atoms with E-state index in [-0.39, 0.29) is 0 Å². The van der Waals surface area contributed by atoms with Gasteiger partial charge in [0.25, 0.3) is 0 Å². The van der Waals surface area contributed by atoms with Gasteiger partial charge in [0, 0.05) is 18.6 Å². The van der Waals surface area contributed by atoms with E-state index in [1.807, 2.05) is 6.07 Å². The Morgan fingerprint density at radius 1 is 1.45 bits per heavy atom. The summed E-state index contributed by atoms with van der Waals surface area (Å²) in [5, 5.41) is 12.3. The minimum absolute atomic E-state index is 0.305. The second-order valence-corrected chi connectivity index (χ2v) is 5.34. The molecule has 0 aliphatic heterocycles. The molecule has 0 saturated carbocycles. The average Bonchev–Trinajstić information content (AvgIpc) is 2.38. The third-order valence-electron chi connectivity index (χ3n) is 3.22. The fourth-order valence-corrected chi connectivity index (χ4v) is 1.82. The van der Waals surface area contributed by atoms with Crippen molar-refractivity contribution in [1.82, 2.24) is 10.2 Å². The van der Waals surface area contributed by atoms with Crippen molar-refractivity contribution in [3.8, 4) is 0 Å². The summed E-state index contributed by atoms with van der Waals surface area (Å²) in [4.78, 5) is 24.6. The highest BCUT2D eigenvalue weighted by Crippen LogP contribution is 2.13. The molecule has 1 unspecified atom stereocenters. The van der Waals surface area contributed by atoms with Crippen LogP contribution in [0.2, 0.25) is 5.02 Å². The van der Waals surface area contributed by atoms with Crippen molar-refractivity contribution >= 4 is 23.6 Å². The van der Waals surface area contributed by atoms with Crippen molar-refractivity contribution < 1.29 is 14.7 Å². The minimum Gasteiger partial charge on any atom is -0.480 e. The fraction of sp³-hybridized carbons (Fsp3) is 0.429. The summed E-state index contributed by atoms with van der Waals surface area (Å²) in [6, 6.07) is 6.74. The summed E-state index contributed by atoms with van der Waals surface area (Å²) in [5.41, 5.74) is -0.386. The number of carbonyl (C=O) groups is 2. The van der Waals surface area contributed by atoms with Crippen LogP contribution >= 0.6 is 11.6 Å². The molecule has 0 spiro atoms. The number of nitrogens with zero attached hydrogens (tertiary/aromatic N) is 1. The number of amides is 2. The van der Waals surface area contributed by atoms with Crippen molar-refractivity contribution in [1.29, 1.82) is 0 Å². The maximum absolute atomic E-state index is 12.0. The van der Waals surface area contributed by atoms with E-state index in [0.29, 0.717) is 18.0 Å². The fourth-order valence-electron chi connectivity index (χ4n) is 1.61. The van der Waals surface area contributed by atoms with Crippen LogP contribution in [0.5, 0.6) is 0 Å². The molecule has 0 saturated heterocycles. The predicted molar refractivity (Wildman–Crippen MR) is 77.8 cm³/mol. The lowest BCUT2D eigenvalue weighted by molar-refractivity contribution is -0.143. The molecule has 0 aromatic heterocycles. The van der Waals surface area contributed by atoms with E-state index in [0.717, 1.165) is 5.56 Å². The van der Waals surface area contributed by atoms with Crippen LogP contribution in [0.4, 0.5) is 4.79 Å². The van der Waals surface area contributed by atoms with E-state index in [1.165, 1.54) is 11.8 Å². The molecule has 0 radical (unpaired) electrons. The molecular formula is C14H19ClN2O3. The number of hydrogen-bond donors (Lipinski definition) is 2. The Hall–Kier alpha value is -1.75. The number of rotatable bonds is 5. The zero-order chi connectivity index (χ0) is 15.3. The summed E-state index contributed by atoms with van der Waals surface area (Å²) in [5.74, 6) is -1.05. The maximum Gasteiger partial charge on any atom is 0.329 e. The summed E-state index contributed by atoms with van der Waals surface area (Å²) in [6.45, 7) is 3.55. The molecule has 5 nitrogen and oxygen atoms in total. The summed E-state index contributed by atoms with van der Waals surface area (Å²) in [7, 11) is 1.61. The molecule has 2 amide bonds. The molecule has 1 rings (SSSR count). The van der Waals surface area contributed by atoms with Crippen molar-refractivity contribution in [2.45, 2.75) is 32.4 Å². The van der Waals surface area contributed by atoms with E-state index in [1.54, 1.807) is 32.2 Å². The van der Waals surface area contributed by atoms with Crippen molar-refractivity contribution in [2.75, 3.05) is 7.05 Å². The van der Waals surface area contributed by atoms with Crippen LogP contribution in [0.15, 0.2) is 24.3 Å². The summed E-state index contributed by atoms with van der Waals surface area (Å²) >= 11 is 5.88. The third kappa shape index (κ3) is 4.13. The van der Waals surface area contributed by atoms with Gasteiger partial charge in [-0.1, -0.05) is 30.7 Å². The van der Waals surface area contributed by atoms with Gasteiger partial charge in [0.05, 0.1) is 0 Å². The SMILES string of the molecule is CCC(C)(NC(=O)N(C)Cc1cccc(Cl)c1)C(=O)O. The van der Waals surface area contributed by atoms with Crippen molar-refractivity contribution in [3.63, 3.8) is 0 Å². The van der Waals surface area contributed by atoms with Gasteiger partial charge in [-0.25, -0.2) is 9.59 Å². The minimum atomic E-state index is -1.26. The average molecular weight is 299 g/mol. The summed E-state index contributed by atoms with van der Waals surface area (Å²) in [6.07, 6.45) is 0.305. The highest BCUT2D eigenvalue weighted by molar-refractivity contribution is 6.30. The molecule has 0 aliphatic rings. The van der Waals surface area contributed by atoms with Crippen LogP contribution in [0.3, 0.4) is 0 Å². The lowest BCUT2D eigenvalue weighted by atomic mass is 10.00. The molecule has 0 heterocycles. The van der Waals surface area contributed by atoms with Crippen molar-refractivity contribution in [2.24, 2.45) is 0 Å². The van der Waals surface area contributed by atoms with Crippen LogP contribution < -0.4 is 5.32 Å². The Kier molecular flexibility index (Phi) is 5.39. The van der Waals surface area contributed by atoms with Gasteiger partial charge in [0.15, 0.2) is 0 Å². The number of aliphatic carboxylic acids is 1. The van der Waals surface area contributed by atoms with Crippen LogP contribution in [0.25, 0.3) is 0 Å². The first-order valence-corrected chi connectivity index (χ1v) is 6.67. The van der Waals surface area contributed by atoms with Crippen LogP contribution in [-0.2, 0) is 11.3 Å². The first-order valence-electron chi connectivity index (χ1n) is 6.29. The first kappa shape index (κ1) is 16.3. The molecule has 6 heteroatoms. The number of halogens is 1. The quantitative estimate of drug-likeness (QED) is 0.878. The van der Waals surface area contributed by atoms with Gasteiger partial charge in [-0.15, -0.1) is 0 Å². The van der Waals surface area contributed by atoms with Gasteiger partial charge < -0.3 is 15.3 Å². The van der Waals surface area contributed by atoms with Crippen LogP contribution in [-0.4, -0.2) is 34.6 Å². The lowest BCUT2D eigenvalue weighted by Gasteiger charge is -2.28. The van der Waals surface area contributed by atoms with E-state index in [9.17, 15) is 9.59 Å². The third-order valence-corrected chi connectivity index (χ3v) is 3.45. The Morgan fingerprint density at radius 3 is 2.60 bits per heavy atom. The normalized spacial score (nSPS) is 13.4. The van der Waals surface area contributed by atoms with E-state index in [4.69, 9.17) is 16.7 Å².